The highest BCUT2D eigenvalue weighted by atomic mass is 35.5. The van der Waals surface area contributed by atoms with Crippen LogP contribution in [0.15, 0.2) is 42.5 Å². The summed E-state index contributed by atoms with van der Waals surface area (Å²) in [6, 6.07) is 12.0. The largest absolute Gasteiger partial charge is 0.330 e. The topological polar surface area (TPSA) is 54.5 Å². The van der Waals surface area contributed by atoms with Crippen LogP contribution < -0.4 is 0 Å². The van der Waals surface area contributed by atoms with Gasteiger partial charge in [-0.05, 0) is 43.2 Å². The summed E-state index contributed by atoms with van der Waals surface area (Å²) in [6.45, 7) is 2.15. The van der Waals surface area contributed by atoms with Crippen molar-refractivity contribution in [3.05, 3.63) is 69.2 Å². The first-order valence-corrected chi connectivity index (χ1v) is 10.8. The van der Waals surface area contributed by atoms with Gasteiger partial charge in [0.25, 0.3) is 5.91 Å². The molecule has 1 aliphatic heterocycles. The third kappa shape index (κ3) is 4.40. The van der Waals surface area contributed by atoms with Crippen molar-refractivity contribution in [3.8, 4) is 0 Å². The van der Waals surface area contributed by atoms with Gasteiger partial charge in [0.1, 0.15) is 0 Å². The number of amides is 1. The number of rotatable bonds is 4. The molecular weight excluding hydrogens is 393 g/mol. The number of nitrogens with zero attached hydrogens (tertiary/aromatic N) is 1. The molecule has 0 radical (unpaired) electrons. The average molecular weight is 412 g/mol. The van der Waals surface area contributed by atoms with E-state index in [0.29, 0.717) is 22.0 Å². The summed E-state index contributed by atoms with van der Waals surface area (Å²) < 4.78 is 23.9. The van der Waals surface area contributed by atoms with Gasteiger partial charge in [0.15, 0.2) is 9.84 Å². The maximum Gasteiger partial charge on any atom is 0.254 e. The summed E-state index contributed by atoms with van der Waals surface area (Å²) in [6.07, 6.45) is 0.436. The molecule has 0 N–H and O–H groups in total. The molecule has 0 unspecified atom stereocenters. The monoisotopic (exact) mass is 411 g/mol. The molecule has 0 spiro atoms. The first kappa shape index (κ1) is 19.2. The Morgan fingerprint density at radius 1 is 1.19 bits per heavy atom. The molecule has 3 rings (SSSR count). The van der Waals surface area contributed by atoms with Crippen LogP contribution in [-0.4, -0.2) is 36.8 Å². The molecule has 4 nitrogen and oxygen atoms in total. The maximum atomic E-state index is 13.1. The highest BCUT2D eigenvalue weighted by molar-refractivity contribution is 7.91. The molecular formula is C19H19Cl2NO3S. The van der Waals surface area contributed by atoms with E-state index < -0.39 is 9.84 Å². The summed E-state index contributed by atoms with van der Waals surface area (Å²) in [4.78, 5) is 14.8. The van der Waals surface area contributed by atoms with Gasteiger partial charge < -0.3 is 4.90 Å². The number of carbonyl (C=O) groups excluding carboxylic acids is 1. The Bertz CT molecular complexity index is 944. The van der Waals surface area contributed by atoms with Crippen molar-refractivity contribution < 1.29 is 13.2 Å². The number of hydrogen-bond donors (Lipinski definition) is 0. The quantitative estimate of drug-likeness (QED) is 0.759. The number of benzene rings is 2. The van der Waals surface area contributed by atoms with Crippen molar-refractivity contribution in [2.24, 2.45) is 0 Å². The first-order chi connectivity index (χ1) is 12.2. The van der Waals surface area contributed by atoms with Gasteiger partial charge in [0.05, 0.1) is 11.5 Å². The fourth-order valence-electron chi connectivity index (χ4n) is 3.17. The van der Waals surface area contributed by atoms with Crippen molar-refractivity contribution in [1.82, 2.24) is 4.90 Å². The first-order valence-electron chi connectivity index (χ1n) is 8.27. The molecule has 0 aliphatic carbocycles. The normalized spacial score (nSPS) is 18.7. The molecule has 1 fully saturated rings. The van der Waals surface area contributed by atoms with Crippen LogP contribution >= 0.6 is 23.2 Å². The average Bonchev–Trinajstić information content (AvgIpc) is 2.93. The van der Waals surface area contributed by atoms with Gasteiger partial charge >= 0.3 is 0 Å². The molecule has 0 saturated carbocycles. The molecule has 0 bridgehead atoms. The van der Waals surface area contributed by atoms with Gasteiger partial charge in [0.2, 0.25) is 0 Å². The lowest BCUT2D eigenvalue weighted by molar-refractivity contribution is 0.0681. The lowest BCUT2D eigenvalue weighted by Gasteiger charge is -2.29. The standard InChI is InChI=1S/C19H19Cl2NO3S/c1-13-3-2-4-14(9-13)19(23)22(17-7-8-26(24,25)12-17)11-15-5-6-16(20)10-18(15)21/h2-6,9-10,17H,7-8,11-12H2,1H3/t17-/m0/s1. The van der Waals surface area contributed by atoms with E-state index in [4.69, 9.17) is 23.2 Å². The van der Waals surface area contributed by atoms with E-state index in [-0.39, 0.29) is 30.0 Å². The van der Waals surface area contributed by atoms with Crippen LogP contribution in [0.3, 0.4) is 0 Å². The number of sulfone groups is 1. The van der Waals surface area contributed by atoms with Gasteiger partial charge in [-0.15, -0.1) is 0 Å². The Morgan fingerprint density at radius 3 is 2.58 bits per heavy atom. The molecule has 1 heterocycles. The predicted molar refractivity (Wildman–Crippen MR) is 105 cm³/mol. The Morgan fingerprint density at radius 2 is 1.96 bits per heavy atom. The van der Waals surface area contributed by atoms with Crippen molar-refractivity contribution in [2.45, 2.75) is 25.9 Å². The number of halogens is 2. The van der Waals surface area contributed by atoms with Gasteiger partial charge in [-0.1, -0.05) is 47.0 Å². The van der Waals surface area contributed by atoms with Crippen LogP contribution in [0, 0.1) is 6.92 Å². The zero-order valence-corrected chi connectivity index (χ0v) is 16.6. The molecule has 138 valence electrons. The number of aryl methyl sites for hydroxylation is 1. The van der Waals surface area contributed by atoms with Gasteiger partial charge in [-0.3, -0.25) is 4.79 Å². The van der Waals surface area contributed by atoms with Crippen LogP contribution in [0.5, 0.6) is 0 Å². The van der Waals surface area contributed by atoms with Crippen LogP contribution in [0.1, 0.15) is 27.9 Å². The van der Waals surface area contributed by atoms with E-state index in [1.165, 1.54) is 0 Å². The molecule has 1 atom stereocenters. The van der Waals surface area contributed by atoms with Crippen molar-refractivity contribution in [2.75, 3.05) is 11.5 Å². The van der Waals surface area contributed by atoms with E-state index in [1.807, 2.05) is 25.1 Å². The highest BCUT2D eigenvalue weighted by Crippen LogP contribution is 2.27. The van der Waals surface area contributed by atoms with E-state index >= 15 is 0 Å². The molecule has 2 aromatic rings. The molecule has 1 aliphatic rings. The minimum atomic E-state index is -3.12. The van der Waals surface area contributed by atoms with E-state index in [1.54, 1.807) is 29.2 Å². The lowest BCUT2D eigenvalue weighted by atomic mass is 10.1. The fourth-order valence-corrected chi connectivity index (χ4v) is 5.36. The summed E-state index contributed by atoms with van der Waals surface area (Å²) >= 11 is 12.2. The fraction of sp³-hybridized carbons (Fsp3) is 0.316. The lowest BCUT2D eigenvalue weighted by Crippen LogP contribution is -2.40. The second-order valence-corrected chi connectivity index (χ2v) is 9.67. The Balaban J connectivity index is 1.95. The number of carbonyl (C=O) groups is 1. The second-order valence-electron chi connectivity index (χ2n) is 6.60. The molecule has 0 aromatic heterocycles. The highest BCUT2D eigenvalue weighted by Gasteiger charge is 2.35. The summed E-state index contributed by atoms with van der Waals surface area (Å²) in [5.41, 5.74) is 2.25. The molecule has 1 amide bonds. The smallest absolute Gasteiger partial charge is 0.254 e. The zero-order valence-electron chi connectivity index (χ0n) is 14.3. The molecule has 7 heteroatoms. The Kier molecular flexibility index (Phi) is 5.61. The van der Waals surface area contributed by atoms with Crippen molar-refractivity contribution in [3.63, 3.8) is 0 Å². The van der Waals surface area contributed by atoms with Gasteiger partial charge in [0, 0.05) is 28.2 Å². The van der Waals surface area contributed by atoms with E-state index in [2.05, 4.69) is 0 Å². The van der Waals surface area contributed by atoms with Gasteiger partial charge in [-0.25, -0.2) is 8.42 Å². The third-order valence-electron chi connectivity index (χ3n) is 4.53. The number of hydrogen-bond acceptors (Lipinski definition) is 3. The zero-order chi connectivity index (χ0) is 18.9. The minimum Gasteiger partial charge on any atom is -0.330 e. The predicted octanol–water partition coefficient (Wildman–Crippen LogP) is 4.13. The van der Waals surface area contributed by atoms with Crippen LogP contribution in [0.25, 0.3) is 0 Å². The van der Waals surface area contributed by atoms with Crippen LogP contribution in [0.2, 0.25) is 10.0 Å². The Hall–Kier alpha value is -1.56. The minimum absolute atomic E-state index is 0.0181. The molecule has 1 saturated heterocycles. The van der Waals surface area contributed by atoms with Crippen LogP contribution in [0.4, 0.5) is 0 Å². The maximum absolute atomic E-state index is 13.1. The summed E-state index contributed by atoms with van der Waals surface area (Å²) in [5.74, 6) is -0.110. The SMILES string of the molecule is Cc1cccc(C(=O)N(Cc2ccc(Cl)cc2Cl)[C@H]2CCS(=O)(=O)C2)c1. The van der Waals surface area contributed by atoms with E-state index in [9.17, 15) is 13.2 Å². The summed E-state index contributed by atoms with van der Waals surface area (Å²) in [5, 5.41) is 0.971. The van der Waals surface area contributed by atoms with Crippen LogP contribution in [-0.2, 0) is 16.4 Å². The second kappa shape index (κ2) is 7.59. The third-order valence-corrected chi connectivity index (χ3v) is 6.87. The van der Waals surface area contributed by atoms with Crippen molar-refractivity contribution >= 4 is 38.9 Å². The van der Waals surface area contributed by atoms with Gasteiger partial charge in [-0.2, -0.15) is 0 Å². The van der Waals surface area contributed by atoms with E-state index in [0.717, 1.165) is 11.1 Å². The van der Waals surface area contributed by atoms with Crippen molar-refractivity contribution in [1.29, 1.82) is 0 Å². The molecule has 26 heavy (non-hydrogen) atoms. The molecule has 2 aromatic carbocycles. The Labute approximate surface area is 163 Å². The summed E-state index contributed by atoms with van der Waals surface area (Å²) in [7, 11) is -3.12.